The molecule has 3 heteroatoms. The molecule has 0 saturated carbocycles. The maximum absolute atomic E-state index is 9.82. The second-order valence-corrected chi connectivity index (χ2v) is 4.49. The highest BCUT2D eigenvalue weighted by atomic mass is 35.5. The zero-order chi connectivity index (χ0) is 13.0. The molecule has 102 valence electrons. The van der Waals surface area contributed by atoms with Crippen molar-refractivity contribution in [1.29, 1.82) is 0 Å². The second kappa shape index (κ2) is 7.29. The number of aliphatic hydroxyl groups excluding tert-OH is 1. The van der Waals surface area contributed by atoms with Crippen LogP contribution in [0.5, 0.6) is 0 Å². The van der Waals surface area contributed by atoms with Crippen molar-refractivity contribution in [3.05, 3.63) is 60.2 Å². The van der Waals surface area contributed by atoms with Crippen molar-refractivity contribution in [2.75, 3.05) is 0 Å². The van der Waals surface area contributed by atoms with Gasteiger partial charge in [-0.25, -0.2) is 0 Å². The normalized spacial score (nSPS) is 13.4. The molecule has 0 fully saturated rings. The Balaban J connectivity index is 0.00000180. The van der Waals surface area contributed by atoms with Crippen molar-refractivity contribution in [1.82, 2.24) is 0 Å². The Hall–Kier alpha value is -1.35. The summed E-state index contributed by atoms with van der Waals surface area (Å²) < 4.78 is 0. The fourth-order valence-electron chi connectivity index (χ4n) is 2.03. The molecule has 0 aliphatic rings. The van der Waals surface area contributed by atoms with Crippen molar-refractivity contribution >= 4 is 12.4 Å². The Bertz CT molecular complexity index is 501. The number of benzene rings is 2. The molecule has 0 bridgehead atoms. The Kier molecular flexibility index (Phi) is 6.03. The summed E-state index contributed by atoms with van der Waals surface area (Å²) in [5, 5.41) is 9.82. The SMILES string of the molecule is CC[C@H](O)[C@H](N)c1cccc(-c2ccccc2)c1.Cl. The molecule has 2 nitrogen and oxygen atoms in total. The molecule has 0 spiro atoms. The van der Waals surface area contributed by atoms with Gasteiger partial charge in [-0.05, 0) is 29.2 Å². The highest BCUT2D eigenvalue weighted by molar-refractivity contribution is 5.85. The van der Waals surface area contributed by atoms with Crippen LogP contribution in [0.4, 0.5) is 0 Å². The van der Waals surface area contributed by atoms with Crippen LogP contribution in [-0.4, -0.2) is 11.2 Å². The summed E-state index contributed by atoms with van der Waals surface area (Å²) in [6.07, 6.45) is 0.174. The predicted molar refractivity (Wildman–Crippen MR) is 82.4 cm³/mol. The van der Waals surface area contributed by atoms with Crippen LogP contribution in [0.2, 0.25) is 0 Å². The van der Waals surface area contributed by atoms with Crippen molar-refractivity contribution in [3.63, 3.8) is 0 Å². The van der Waals surface area contributed by atoms with Crippen LogP contribution in [0, 0.1) is 0 Å². The van der Waals surface area contributed by atoms with Crippen LogP contribution in [0.25, 0.3) is 11.1 Å². The van der Waals surface area contributed by atoms with Gasteiger partial charge in [-0.15, -0.1) is 12.4 Å². The van der Waals surface area contributed by atoms with Crippen molar-refractivity contribution in [3.8, 4) is 11.1 Å². The average molecular weight is 278 g/mol. The van der Waals surface area contributed by atoms with Gasteiger partial charge in [-0.1, -0.05) is 55.5 Å². The minimum Gasteiger partial charge on any atom is -0.391 e. The van der Waals surface area contributed by atoms with Crippen molar-refractivity contribution in [2.24, 2.45) is 5.73 Å². The maximum Gasteiger partial charge on any atom is 0.0730 e. The molecule has 0 saturated heterocycles. The van der Waals surface area contributed by atoms with Gasteiger partial charge in [0.05, 0.1) is 12.1 Å². The fraction of sp³-hybridized carbons (Fsp3) is 0.250. The molecule has 0 aromatic heterocycles. The number of hydrogen-bond donors (Lipinski definition) is 2. The third-order valence-electron chi connectivity index (χ3n) is 3.21. The summed E-state index contributed by atoms with van der Waals surface area (Å²) in [5.74, 6) is 0. The molecule has 2 atom stereocenters. The number of nitrogens with two attached hydrogens (primary N) is 1. The molecule has 3 N–H and O–H groups in total. The molecular weight excluding hydrogens is 258 g/mol. The van der Waals surface area contributed by atoms with Gasteiger partial charge in [-0.3, -0.25) is 0 Å². The largest absolute Gasteiger partial charge is 0.391 e. The topological polar surface area (TPSA) is 46.2 Å². The van der Waals surface area contributed by atoms with E-state index >= 15 is 0 Å². The van der Waals surface area contributed by atoms with E-state index in [2.05, 4.69) is 24.3 Å². The summed E-state index contributed by atoms with van der Waals surface area (Å²) in [6.45, 7) is 1.94. The standard InChI is InChI=1S/C16H19NO.ClH/c1-2-15(18)16(17)14-10-6-9-13(11-14)12-7-4-3-5-8-12;/h3-11,15-16,18H,2,17H2,1H3;1H/t15-,16+;/m0./s1. The summed E-state index contributed by atoms with van der Waals surface area (Å²) in [6, 6.07) is 17.9. The van der Waals surface area contributed by atoms with E-state index in [9.17, 15) is 5.11 Å². The quantitative estimate of drug-likeness (QED) is 0.898. The zero-order valence-corrected chi connectivity index (χ0v) is 11.8. The van der Waals surface area contributed by atoms with Gasteiger partial charge in [0, 0.05) is 0 Å². The third kappa shape index (κ3) is 3.80. The molecule has 0 unspecified atom stereocenters. The smallest absolute Gasteiger partial charge is 0.0730 e. The van der Waals surface area contributed by atoms with Crippen molar-refractivity contribution in [2.45, 2.75) is 25.5 Å². The summed E-state index contributed by atoms with van der Waals surface area (Å²) in [5.41, 5.74) is 9.32. The van der Waals surface area contributed by atoms with Gasteiger partial charge in [0.2, 0.25) is 0 Å². The highest BCUT2D eigenvalue weighted by Gasteiger charge is 2.15. The van der Waals surface area contributed by atoms with E-state index in [0.717, 1.165) is 16.7 Å². The van der Waals surface area contributed by atoms with Gasteiger partial charge in [0.15, 0.2) is 0 Å². The minimum atomic E-state index is -0.490. The van der Waals surface area contributed by atoms with E-state index in [1.54, 1.807) is 0 Å². The minimum absolute atomic E-state index is 0. The van der Waals surface area contributed by atoms with Crippen LogP contribution < -0.4 is 5.73 Å². The monoisotopic (exact) mass is 277 g/mol. The Morgan fingerprint density at radius 3 is 2.26 bits per heavy atom. The Labute approximate surface area is 120 Å². The molecule has 2 aromatic carbocycles. The van der Waals surface area contributed by atoms with Crippen LogP contribution in [-0.2, 0) is 0 Å². The Morgan fingerprint density at radius 2 is 1.63 bits per heavy atom. The summed E-state index contributed by atoms with van der Waals surface area (Å²) in [7, 11) is 0. The lowest BCUT2D eigenvalue weighted by atomic mass is 9.96. The van der Waals surface area contributed by atoms with E-state index in [0.29, 0.717) is 6.42 Å². The van der Waals surface area contributed by atoms with Crippen LogP contribution >= 0.6 is 12.4 Å². The molecule has 19 heavy (non-hydrogen) atoms. The first-order valence-electron chi connectivity index (χ1n) is 6.31. The second-order valence-electron chi connectivity index (χ2n) is 4.49. The van der Waals surface area contributed by atoms with E-state index in [4.69, 9.17) is 5.73 Å². The van der Waals surface area contributed by atoms with Crippen LogP contribution in [0.15, 0.2) is 54.6 Å². The maximum atomic E-state index is 9.82. The molecular formula is C16H20ClNO. The van der Waals surface area contributed by atoms with Crippen molar-refractivity contribution < 1.29 is 5.11 Å². The number of halogens is 1. The molecule has 2 aromatic rings. The van der Waals surface area contributed by atoms with E-state index in [1.165, 1.54) is 0 Å². The number of aliphatic hydroxyl groups is 1. The first kappa shape index (κ1) is 15.7. The van der Waals surface area contributed by atoms with Crippen LogP contribution in [0.1, 0.15) is 24.9 Å². The van der Waals surface area contributed by atoms with Gasteiger partial charge < -0.3 is 10.8 Å². The lowest BCUT2D eigenvalue weighted by Gasteiger charge is -2.18. The average Bonchev–Trinajstić information content (AvgIpc) is 2.46. The van der Waals surface area contributed by atoms with E-state index in [1.807, 2.05) is 37.3 Å². The van der Waals surface area contributed by atoms with Gasteiger partial charge in [0.1, 0.15) is 0 Å². The first-order chi connectivity index (χ1) is 8.72. The van der Waals surface area contributed by atoms with E-state index in [-0.39, 0.29) is 18.4 Å². The van der Waals surface area contributed by atoms with Gasteiger partial charge >= 0.3 is 0 Å². The van der Waals surface area contributed by atoms with Gasteiger partial charge in [0.25, 0.3) is 0 Å². The molecule has 0 aliphatic carbocycles. The Morgan fingerprint density at radius 1 is 1.00 bits per heavy atom. The van der Waals surface area contributed by atoms with E-state index < -0.39 is 6.10 Å². The summed E-state index contributed by atoms with van der Waals surface area (Å²) in [4.78, 5) is 0. The molecule has 0 radical (unpaired) electrons. The molecule has 0 amide bonds. The lowest BCUT2D eigenvalue weighted by molar-refractivity contribution is 0.141. The lowest BCUT2D eigenvalue weighted by Crippen LogP contribution is -2.25. The van der Waals surface area contributed by atoms with Gasteiger partial charge in [-0.2, -0.15) is 0 Å². The predicted octanol–water partition coefficient (Wildman–Crippen LogP) is 3.55. The highest BCUT2D eigenvalue weighted by Crippen LogP contribution is 2.24. The molecule has 0 aliphatic heterocycles. The zero-order valence-electron chi connectivity index (χ0n) is 11.0. The number of rotatable bonds is 4. The first-order valence-corrected chi connectivity index (χ1v) is 6.31. The fourth-order valence-corrected chi connectivity index (χ4v) is 2.03. The molecule has 0 heterocycles. The number of hydrogen-bond acceptors (Lipinski definition) is 2. The summed E-state index contributed by atoms with van der Waals surface area (Å²) >= 11 is 0. The van der Waals surface area contributed by atoms with Crippen LogP contribution in [0.3, 0.4) is 0 Å². The molecule has 2 rings (SSSR count). The third-order valence-corrected chi connectivity index (χ3v) is 3.21.